The molecule has 0 radical (unpaired) electrons. The predicted molar refractivity (Wildman–Crippen MR) is 138 cm³/mol. The first kappa shape index (κ1) is 25.7. The van der Waals surface area contributed by atoms with E-state index in [1.54, 1.807) is 0 Å². The number of rotatable bonds is 6. The van der Waals surface area contributed by atoms with Crippen LogP contribution in [0.5, 0.6) is 11.5 Å². The van der Waals surface area contributed by atoms with Crippen molar-refractivity contribution in [3.8, 4) is 11.5 Å². The van der Waals surface area contributed by atoms with Crippen LogP contribution in [-0.4, -0.2) is 41.3 Å². The lowest BCUT2D eigenvalue weighted by Gasteiger charge is -2.37. The van der Waals surface area contributed by atoms with Gasteiger partial charge in [-0.3, -0.25) is 0 Å². The highest BCUT2D eigenvalue weighted by molar-refractivity contribution is 7.78. The predicted octanol–water partition coefficient (Wildman–Crippen LogP) is 5.92. The number of phenols is 1. The van der Waals surface area contributed by atoms with Crippen molar-refractivity contribution in [2.75, 3.05) is 12.8 Å². The topological polar surface area (TPSA) is 76.0 Å². The van der Waals surface area contributed by atoms with E-state index in [9.17, 15) is 14.8 Å². The summed E-state index contributed by atoms with van der Waals surface area (Å²) in [4.78, 5) is 0. The molecule has 2 N–H and O–H groups in total. The highest BCUT2D eigenvalue weighted by Gasteiger charge is 2.41. The van der Waals surface area contributed by atoms with Gasteiger partial charge in [0.05, 0.1) is 22.8 Å². The lowest BCUT2D eigenvalue weighted by molar-refractivity contribution is -0.117. The maximum atomic E-state index is 14.4. The monoisotopic (exact) mass is 560 g/mol. The third-order valence-electron chi connectivity index (χ3n) is 5.75. The first-order chi connectivity index (χ1) is 16.2. The van der Waals surface area contributed by atoms with Crippen molar-refractivity contribution in [1.29, 1.82) is 0 Å². The van der Waals surface area contributed by atoms with E-state index in [2.05, 4.69) is 0 Å². The van der Waals surface area contributed by atoms with Crippen LogP contribution in [0.25, 0.3) is 0 Å². The molecule has 3 aromatic carbocycles. The van der Waals surface area contributed by atoms with Gasteiger partial charge in [0, 0.05) is 23.2 Å². The average molecular weight is 562 g/mol. The first-order valence-corrected chi connectivity index (χ1v) is 13.9. The summed E-state index contributed by atoms with van der Waals surface area (Å²) in [5.74, 6) is -0.657. The molecular formula is C24H21Cl4O5P. The second kappa shape index (κ2) is 10.7. The molecule has 1 aliphatic heterocycles. The van der Waals surface area contributed by atoms with E-state index >= 15 is 0 Å². The molecule has 0 saturated carbocycles. The van der Waals surface area contributed by atoms with Crippen molar-refractivity contribution >= 4 is 64.2 Å². The quantitative estimate of drug-likeness (QED) is 0.222. The van der Waals surface area contributed by atoms with Gasteiger partial charge in [0.2, 0.25) is 0 Å². The van der Waals surface area contributed by atoms with E-state index in [0.29, 0.717) is 17.0 Å². The molecule has 10 heteroatoms. The molecule has 3 aromatic rings. The van der Waals surface area contributed by atoms with Crippen molar-refractivity contribution < 1.29 is 24.3 Å². The number of benzene rings is 3. The second-order valence-corrected chi connectivity index (χ2v) is 12.3. The lowest BCUT2D eigenvalue weighted by Crippen LogP contribution is -2.49. The van der Waals surface area contributed by atoms with Crippen LogP contribution in [0.15, 0.2) is 60.7 Å². The van der Waals surface area contributed by atoms with Crippen LogP contribution >= 0.6 is 53.5 Å². The summed E-state index contributed by atoms with van der Waals surface area (Å²) < 4.78 is 26.1. The molecule has 1 aliphatic rings. The van der Waals surface area contributed by atoms with E-state index in [-0.39, 0.29) is 38.6 Å². The van der Waals surface area contributed by atoms with Crippen molar-refractivity contribution in [2.24, 2.45) is 0 Å². The van der Waals surface area contributed by atoms with Crippen molar-refractivity contribution in [2.45, 2.75) is 24.7 Å². The Morgan fingerprint density at radius 2 is 1.41 bits per heavy atom. The molecule has 5 nitrogen and oxygen atoms in total. The molecule has 0 amide bonds. The van der Waals surface area contributed by atoms with Gasteiger partial charge in [-0.25, -0.2) is 0 Å². The maximum Gasteiger partial charge on any atom is 0.183 e. The molecule has 1 heterocycles. The lowest BCUT2D eigenvalue weighted by atomic mass is 10.0. The number of hydrogen-bond donors (Lipinski definition) is 2. The third-order valence-corrected chi connectivity index (χ3v) is 10.7. The summed E-state index contributed by atoms with van der Waals surface area (Å²) in [7, 11) is -3.16. The van der Waals surface area contributed by atoms with Crippen molar-refractivity contribution in [3.05, 3.63) is 80.8 Å². The van der Waals surface area contributed by atoms with Crippen molar-refractivity contribution in [3.63, 3.8) is 0 Å². The molecule has 0 bridgehead atoms. The summed E-state index contributed by atoms with van der Waals surface area (Å²) in [5, 5.41) is 22.4. The maximum absolute atomic E-state index is 14.4. The molecule has 4 rings (SSSR count). The van der Waals surface area contributed by atoms with Crippen LogP contribution < -0.4 is 15.3 Å². The summed E-state index contributed by atoms with van der Waals surface area (Å²) in [6, 6.07) is 18.3. The number of aliphatic hydroxyl groups is 1. The van der Waals surface area contributed by atoms with Crippen LogP contribution in [0.3, 0.4) is 0 Å². The van der Waals surface area contributed by atoms with E-state index < -0.39 is 31.2 Å². The van der Waals surface area contributed by atoms with Gasteiger partial charge in [0.1, 0.15) is 29.4 Å². The zero-order valence-electron chi connectivity index (χ0n) is 17.7. The fourth-order valence-electron chi connectivity index (χ4n) is 3.94. The van der Waals surface area contributed by atoms with E-state index in [0.717, 1.165) is 0 Å². The van der Waals surface area contributed by atoms with Gasteiger partial charge in [0.25, 0.3) is 0 Å². The molecule has 180 valence electrons. The number of aliphatic hydroxyl groups excluding tert-OH is 1. The Labute approximate surface area is 217 Å². The molecule has 1 saturated heterocycles. The molecule has 0 aromatic heterocycles. The Bertz CT molecular complexity index is 1140. The number of aromatic hydroxyl groups is 1. The Hall–Kier alpha value is -1.43. The zero-order chi connectivity index (χ0) is 24.5. The fourth-order valence-corrected chi connectivity index (χ4v) is 7.67. The van der Waals surface area contributed by atoms with Crippen LogP contribution in [0.2, 0.25) is 20.1 Å². The van der Waals surface area contributed by atoms with Gasteiger partial charge in [0.15, 0.2) is 11.5 Å². The molecule has 3 atom stereocenters. The van der Waals surface area contributed by atoms with Gasteiger partial charge >= 0.3 is 0 Å². The standard InChI is InChI=1S/C24H21Cl4O5P/c25-18-19(26)21(28)24(23(30)20(18)27)33-16-11-12-32-17(22(16)29)13-34(31,14-7-3-1-4-8-14)15-9-5-2-6-10-15/h1-10,16-17,22,29-30H,11-13H2/t16-,17-,22+/m1/s1. The van der Waals surface area contributed by atoms with E-state index in [1.807, 2.05) is 60.7 Å². The van der Waals surface area contributed by atoms with Gasteiger partial charge in [-0.2, -0.15) is 0 Å². The van der Waals surface area contributed by atoms with Gasteiger partial charge < -0.3 is 24.3 Å². The average Bonchev–Trinajstić information content (AvgIpc) is 2.87. The summed E-state index contributed by atoms with van der Waals surface area (Å²) in [6.07, 6.45) is -2.44. The molecule has 34 heavy (non-hydrogen) atoms. The Kier molecular flexibility index (Phi) is 8.06. The summed E-state index contributed by atoms with van der Waals surface area (Å²) >= 11 is 24.3. The number of hydrogen-bond acceptors (Lipinski definition) is 5. The van der Waals surface area contributed by atoms with Gasteiger partial charge in [-0.1, -0.05) is 107 Å². The second-order valence-electron chi connectivity index (χ2n) is 7.87. The Morgan fingerprint density at radius 1 is 0.882 bits per heavy atom. The van der Waals surface area contributed by atoms with Crippen LogP contribution in [0, 0.1) is 0 Å². The van der Waals surface area contributed by atoms with E-state index in [4.69, 9.17) is 55.9 Å². The smallest absolute Gasteiger partial charge is 0.183 e. The van der Waals surface area contributed by atoms with Gasteiger partial charge in [-0.05, 0) is 0 Å². The fraction of sp³-hybridized carbons (Fsp3) is 0.250. The Morgan fingerprint density at radius 3 is 1.97 bits per heavy atom. The molecule has 0 aliphatic carbocycles. The van der Waals surface area contributed by atoms with Crippen LogP contribution in [0.1, 0.15) is 6.42 Å². The SMILES string of the molecule is O=P(C[C@H]1OCC[C@@H](Oc2c(O)c(Cl)c(Cl)c(Cl)c2Cl)[C@@H]1O)(c1ccccc1)c1ccccc1. The van der Waals surface area contributed by atoms with Crippen molar-refractivity contribution in [1.82, 2.24) is 0 Å². The number of phenolic OH excluding ortho intramolecular Hbond substituents is 1. The molecule has 0 unspecified atom stereocenters. The minimum absolute atomic E-state index is 0.0594. The normalized spacial score (nSPS) is 20.8. The minimum Gasteiger partial charge on any atom is -0.503 e. The summed E-state index contributed by atoms with van der Waals surface area (Å²) in [6.45, 7) is 0.239. The highest BCUT2D eigenvalue weighted by atomic mass is 35.5. The third kappa shape index (κ3) is 4.94. The summed E-state index contributed by atoms with van der Waals surface area (Å²) in [5.41, 5.74) is 0. The Balaban J connectivity index is 1.63. The van der Waals surface area contributed by atoms with Crippen LogP contribution in [-0.2, 0) is 9.30 Å². The van der Waals surface area contributed by atoms with E-state index in [1.165, 1.54) is 0 Å². The highest BCUT2D eigenvalue weighted by Crippen LogP contribution is 2.51. The number of ether oxygens (including phenoxy) is 2. The largest absolute Gasteiger partial charge is 0.503 e. The van der Waals surface area contributed by atoms with Crippen LogP contribution in [0.4, 0.5) is 0 Å². The first-order valence-electron chi connectivity index (χ1n) is 10.5. The van der Waals surface area contributed by atoms with Gasteiger partial charge in [-0.15, -0.1) is 0 Å². The molecule has 1 fully saturated rings. The number of halogens is 4. The molecule has 0 spiro atoms. The molecular weight excluding hydrogens is 541 g/mol. The minimum atomic E-state index is -3.16. The zero-order valence-corrected chi connectivity index (χ0v) is 21.6.